The van der Waals surface area contributed by atoms with Gasteiger partial charge in [-0.1, -0.05) is 35.4 Å². The van der Waals surface area contributed by atoms with Crippen LogP contribution in [0.25, 0.3) is 0 Å². The summed E-state index contributed by atoms with van der Waals surface area (Å²) in [6.45, 7) is 3.96. The van der Waals surface area contributed by atoms with Crippen LogP contribution in [0.4, 0.5) is 11.4 Å². The van der Waals surface area contributed by atoms with Crippen LogP contribution in [0.1, 0.15) is 32.0 Å². The Bertz CT molecular complexity index is 857. The lowest BCUT2D eigenvalue weighted by Gasteiger charge is -2.08. The normalized spacial score (nSPS) is 10.2. The van der Waals surface area contributed by atoms with Gasteiger partial charge in [-0.15, -0.1) is 0 Å². The number of aryl methyl sites for hydroxylation is 2. The van der Waals surface area contributed by atoms with Crippen molar-refractivity contribution in [2.75, 3.05) is 10.6 Å². The van der Waals surface area contributed by atoms with E-state index in [4.69, 9.17) is 0 Å². The molecule has 0 bridgehead atoms. The van der Waals surface area contributed by atoms with Gasteiger partial charge in [-0.3, -0.25) is 14.6 Å². The Morgan fingerprint density at radius 3 is 1.77 bits per heavy atom. The first kappa shape index (κ1) is 17.4. The number of aromatic nitrogens is 1. The summed E-state index contributed by atoms with van der Waals surface area (Å²) >= 11 is 0. The van der Waals surface area contributed by atoms with Gasteiger partial charge >= 0.3 is 0 Å². The highest BCUT2D eigenvalue weighted by Crippen LogP contribution is 2.13. The molecule has 5 nitrogen and oxygen atoms in total. The van der Waals surface area contributed by atoms with Crippen molar-refractivity contribution in [3.8, 4) is 0 Å². The van der Waals surface area contributed by atoms with Crippen molar-refractivity contribution in [1.82, 2.24) is 4.98 Å². The summed E-state index contributed by atoms with van der Waals surface area (Å²) in [6.07, 6.45) is 1.45. The van der Waals surface area contributed by atoms with Crippen molar-refractivity contribution < 1.29 is 9.59 Å². The molecule has 0 aliphatic carbocycles. The average Bonchev–Trinajstić information content (AvgIpc) is 2.65. The predicted octanol–water partition coefficient (Wildman–Crippen LogP) is 4.20. The Labute approximate surface area is 152 Å². The molecule has 3 rings (SSSR count). The lowest BCUT2D eigenvalue weighted by molar-refractivity contribution is 0.102. The molecule has 0 radical (unpaired) electrons. The molecule has 130 valence electrons. The van der Waals surface area contributed by atoms with Gasteiger partial charge in [0.2, 0.25) is 0 Å². The molecule has 5 heteroatoms. The maximum Gasteiger partial charge on any atom is 0.274 e. The van der Waals surface area contributed by atoms with E-state index in [1.165, 1.54) is 12.3 Å². The van der Waals surface area contributed by atoms with Crippen LogP contribution in [0.2, 0.25) is 0 Å². The number of hydrogen-bond acceptors (Lipinski definition) is 3. The van der Waals surface area contributed by atoms with Gasteiger partial charge < -0.3 is 10.6 Å². The average molecular weight is 345 g/mol. The van der Waals surface area contributed by atoms with E-state index in [2.05, 4.69) is 15.6 Å². The Balaban J connectivity index is 1.72. The van der Waals surface area contributed by atoms with Crippen LogP contribution in [-0.2, 0) is 0 Å². The quantitative estimate of drug-likeness (QED) is 0.744. The van der Waals surface area contributed by atoms with Crippen molar-refractivity contribution in [2.45, 2.75) is 13.8 Å². The fourth-order valence-electron chi connectivity index (χ4n) is 2.37. The maximum absolute atomic E-state index is 12.4. The molecule has 2 N–H and O–H groups in total. The molecule has 0 aliphatic rings. The number of rotatable bonds is 4. The van der Waals surface area contributed by atoms with Crippen molar-refractivity contribution >= 4 is 23.2 Å². The first-order valence-corrected chi connectivity index (χ1v) is 8.23. The molecule has 2 aromatic carbocycles. The van der Waals surface area contributed by atoms with Crippen molar-refractivity contribution in [3.05, 3.63) is 89.2 Å². The molecule has 3 aromatic rings. The van der Waals surface area contributed by atoms with Crippen molar-refractivity contribution in [3.63, 3.8) is 0 Å². The molecule has 1 aromatic heterocycles. The number of carbonyl (C=O) groups is 2. The van der Waals surface area contributed by atoms with Crippen molar-refractivity contribution in [2.24, 2.45) is 0 Å². The van der Waals surface area contributed by atoms with Gasteiger partial charge in [0.05, 0.1) is 0 Å². The molecule has 1 heterocycles. The van der Waals surface area contributed by atoms with Gasteiger partial charge in [0, 0.05) is 23.1 Å². The Kier molecular flexibility index (Phi) is 5.08. The smallest absolute Gasteiger partial charge is 0.274 e. The topological polar surface area (TPSA) is 71.1 Å². The second kappa shape index (κ2) is 7.61. The van der Waals surface area contributed by atoms with E-state index in [9.17, 15) is 9.59 Å². The van der Waals surface area contributed by atoms with E-state index >= 15 is 0 Å². The molecule has 0 saturated heterocycles. The van der Waals surface area contributed by atoms with E-state index in [0.717, 1.165) is 11.1 Å². The third kappa shape index (κ3) is 4.33. The van der Waals surface area contributed by atoms with Crippen LogP contribution in [-0.4, -0.2) is 16.8 Å². The molecule has 0 saturated carbocycles. The molecule has 2 amide bonds. The number of nitrogens with zero attached hydrogens (tertiary/aromatic N) is 1. The molecule has 0 spiro atoms. The van der Waals surface area contributed by atoms with Gasteiger partial charge in [0.1, 0.15) is 5.69 Å². The Morgan fingerprint density at radius 1 is 0.731 bits per heavy atom. The highest BCUT2D eigenvalue weighted by molar-refractivity contribution is 6.07. The second-order valence-corrected chi connectivity index (χ2v) is 6.07. The first-order chi connectivity index (χ1) is 12.5. The number of nitrogens with one attached hydrogen (secondary N) is 2. The zero-order chi connectivity index (χ0) is 18.5. The Morgan fingerprint density at radius 2 is 1.23 bits per heavy atom. The lowest BCUT2D eigenvalue weighted by atomic mass is 10.2. The summed E-state index contributed by atoms with van der Waals surface area (Å²) in [5.41, 5.74) is 4.15. The summed E-state index contributed by atoms with van der Waals surface area (Å²) in [5, 5.41) is 5.58. The van der Waals surface area contributed by atoms with Gasteiger partial charge in [-0.2, -0.15) is 0 Å². The largest absolute Gasteiger partial charge is 0.322 e. The lowest BCUT2D eigenvalue weighted by Crippen LogP contribution is -2.17. The number of hydrogen-bond donors (Lipinski definition) is 2. The molecule has 0 unspecified atom stereocenters. The zero-order valence-electron chi connectivity index (χ0n) is 14.6. The molecular formula is C21H19N3O2. The van der Waals surface area contributed by atoms with Gasteiger partial charge in [0.15, 0.2) is 0 Å². The Hall–Kier alpha value is -3.47. The van der Waals surface area contributed by atoms with E-state index in [-0.39, 0.29) is 17.5 Å². The molecular weight excluding hydrogens is 326 g/mol. The van der Waals surface area contributed by atoms with Crippen molar-refractivity contribution in [1.29, 1.82) is 0 Å². The van der Waals surface area contributed by atoms with Crippen LogP contribution in [0.3, 0.4) is 0 Å². The van der Waals surface area contributed by atoms with Crippen LogP contribution in [0.5, 0.6) is 0 Å². The number of pyridine rings is 1. The zero-order valence-corrected chi connectivity index (χ0v) is 14.6. The summed E-state index contributed by atoms with van der Waals surface area (Å²) in [5.74, 6) is -0.653. The summed E-state index contributed by atoms with van der Waals surface area (Å²) in [4.78, 5) is 28.8. The summed E-state index contributed by atoms with van der Waals surface area (Å²) in [6, 6.07) is 18.0. The standard InChI is InChI=1S/C21H19N3O2/c1-14-3-7-17(8-4-14)23-20(25)16-11-12-22-19(13-16)21(26)24-18-9-5-15(2)6-10-18/h3-13H,1-2H3,(H,23,25)(H,24,26). The highest BCUT2D eigenvalue weighted by atomic mass is 16.2. The van der Waals surface area contributed by atoms with Crippen LogP contribution in [0.15, 0.2) is 66.9 Å². The van der Waals surface area contributed by atoms with Gasteiger partial charge in [-0.05, 0) is 50.2 Å². The number of benzene rings is 2. The van der Waals surface area contributed by atoms with E-state index in [0.29, 0.717) is 16.9 Å². The highest BCUT2D eigenvalue weighted by Gasteiger charge is 2.12. The molecule has 0 fully saturated rings. The fraction of sp³-hybridized carbons (Fsp3) is 0.0952. The molecule has 26 heavy (non-hydrogen) atoms. The fourth-order valence-corrected chi connectivity index (χ4v) is 2.37. The minimum atomic E-state index is -0.362. The van der Waals surface area contributed by atoms with Crippen LogP contribution >= 0.6 is 0 Å². The number of amides is 2. The second-order valence-electron chi connectivity index (χ2n) is 6.07. The van der Waals surface area contributed by atoms with E-state index < -0.39 is 0 Å². The number of carbonyl (C=O) groups excluding carboxylic acids is 2. The minimum Gasteiger partial charge on any atom is -0.322 e. The third-order valence-electron chi connectivity index (χ3n) is 3.87. The van der Waals surface area contributed by atoms with E-state index in [1.54, 1.807) is 6.07 Å². The van der Waals surface area contributed by atoms with Crippen LogP contribution in [0, 0.1) is 13.8 Å². The first-order valence-electron chi connectivity index (χ1n) is 8.23. The monoisotopic (exact) mass is 345 g/mol. The number of anilines is 2. The van der Waals surface area contributed by atoms with Gasteiger partial charge in [0.25, 0.3) is 11.8 Å². The minimum absolute atomic E-state index is 0.183. The molecule has 0 atom stereocenters. The predicted molar refractivity (Wildman–Crippen MR) is 103 cm³/mol. The third-order valence-corrected chi connectivity index (χ3v) is 3.87. The SMILES string of the molecule is Cc1ccc(NC(=O)c2ccnc(C(=O)Nc3ccc(C)cc3)c2)cc1. The summed E-state index contributed by atoms with van der Waals surface area (Å²) in [7, 11) is 0. The maximum atomic E-state index is 12.4. The molecule has 0 aliphatic heterocycles. The van der Waals surface area contributed by atoms with Gasteiger partial charge in [-0.25, -0.2) is 0 Å². The summed E-state index contributed by atoms with van der Waals surface area (Å²) < 4.78 is 0. The van der Waals surface area contributed by atoms with E-state index in [1.807, 2.05) is 62.4 Å². The van der Waals surface area contributed by atoms with Crippen LogP contribution < -0.4 is 10.6 Å².